The van der Waals surface area contributed by atoms with Crippen LogP contribution in [0, 0.1) is 17.5 Å². The van der Waals surface area contributed by atoms with E-state index in [1.165, 1.54) is 43.4 Å². The van der Waals surface area contributed by atoms with Gasteiger partial charge in [-0.1, -0.05) is 62.1 Å². The van der Waals surface area contributed by atoms with Crippen molar-refractivity contribution in [3.63, 3.8) is 0 Å². The van der Waals surface area contributed by atoms with Crippen molar-refractivity contribution < 1.29 is 13.2 Å². The Hall–Kier alpha value is -2.03. The molecule has 0 unspecified atom stereocenters. The molecule has 0 aliphatic heterocycles. The quantitative estimate of drug-likeness (QED) is 0.492. The highest BCUT2D eigenvalue weighted by Gasteiger charge is 2.20. The molecule has 0 heterocycles. The summed E-state index contributed by atoms with van der Waals surface area (Å²) >= 11 is 0. The van der Waals surface area contributed by atoms with E-state index < -0.39 is 17.5 Å². The summed E-state index contributed by atoms with van der Waals surface area (Å²) in [7, 11) is 0. The number of halogens is 3. The molecule has 2 aromatic carbocycles. The Bertz CT molecular complexity index is 790. The average molecular weight is 344 g/mol. The second-order valence-electron chi connectivity index (χ2n) is 6.71. The largest absolute Gasteiger partial charge is 0.206 e. The normalized spacial score (nSPS) is 13.5. The highest BCUT2D eigenvalue weighted by atomic mass is 19.2. The smallest absolute Gasteiger partial charge is 0.166 e. The lowest BCUT2D eigenvalue weighted by molar-refractivity contribution is 0.510. The van der Waals surface area contributed by atoms with Crippen molar-refractivity contribution in [3.05, 3.63) is 64.5 Å². The van der Waals surface area contributed by atoms with Crippen molar-refractivity contribution in [1.29, 1.82) is 0 Å². The van der Waals surface area contributed by atoms with Gasteiger partial charge in [0.25, 0.3) is 0 Å². The van der Waals surface area contributed by atoms with E-state index in [4.69, 9.17) is 0 Å². The van der Waals surface area contributed by atoms with Crippen molar-refractivity contribution in [3.8, 4) is 11.1 Å². The zero-order valence-corrected chi connectivity index (χ0v) is 14.5. The second kappa shape index (κ2) is 7.90. The standard InChI is InChI=1S/C22H23F3/c1-2-3-4-5-7-15-10-12-17-16(14-15)11-13-19(21(17)24)18-8-6-9-20(23)22(18)25/h6,8-9,11,13-14H,2-5,7,10,12H2,1H3. The number of hydrogen-bond acceptors (Lipinski definition) is 0. The number of allylic oxidation sites excluding steroid dienone is 1. The molecule has 3 rings (SSSR count). The Morgan fingerprint density at radius 2 is 1.64 bits per heavy atom. The Morgan fingerprint density at radius 1 is 0.840 bits per heavy atom. The van der Waals surface area contributed by atoms with Crippen LogP contribution in [-0.4, -0.2) is 0 Å². The van der Waals surface area contributed by atoms with Gasteiger partial charge in [-0.05, 0) is 42.9 Å². The lowest BCUT2D eigenvalue weighted by Gasteiger charge is -2.19. The molecule has 2 aromatic rings. The monoisotopic (exact) mass is 344 g/mol. The number of benzene rings is 2. The first kappa shape index (κ1) is 17.8. The molecule has 1 aliphatic carbocycles. The van der Waals surface area contributed by atoms with E-state index in [1.54, 1.807) is 6.07 Å². The number of fused-ring (bicyclic) bond motifs is 1. The van der Waals surface area contributed by atoms with E-state index in [0.29, 0.717) is 12.0 Å². The van der Waals surface area contributed by atoms with Crippen molar-refractivity contribution >= 4 is 6.08 Å². The highest BCUT2D eigenvalue weighted by Crippen LogP contribution is 2.35. The Balaban J connectivity index is 1.87. The summed E-state index contributed by atoms with van der Waals surface area (Å²) in [5, 5.41) is 0. The maximum Gasteiger partial charge on any atom is 0.166 e. The zero-order valence-electron chi connectivity index (χ0n) is 14.5. The molecule has 132 valence electrons. The molecule has 1 aliphatic rings. The van der Waals surface area contributed by atoms with Crippen LogP contribution in [0.1, 0.15) is 56.6 Å². The van der Waals surface area contributed by atoms with Gasteiger partial charge in [-0.2, -0.15) is 0 Å². The summed E-state index contributed by atoms with van der Waals surface area (Å²) in [6.45, 7) is 2.19. The van der Waals surface area contributed by atoms with Gasteiger partial charge in [-0.15, -0.1) is 0 Å². The van der Waals surface area contributed by atoms with Crippen LogP contribution in [-0.2, 0) is 6.42 Å². The molecular formula is C22H23F3. The van der Waals surface area contributed by atoms with Crippen LogP contribution in [0.25, 0.3) is 17.2 Å². The number of hydrogen-bond donors (Lipinski definition) is 0. The SMILES string of the molecule is CCCCCCC1=Cc2ccc(-c3cccc(F)c3F)c(F)c2CC1. The van der Waals surface area contributed by atoms with Gasteiger partial charge in [0, 0.05) is 11.1 Å². The summed E-state index contributed by atoms with van der Waals surface area (Å²) in [6.07, 6.45) is 9.45. The second-order valence-corrected chi connectivity index (χ2v) is 6.71. The summed E-state index contributed by atoms with van der Waals surface area (Å²) in [4.78, 5) is 0. The molecular weight excluding hydrogens is 321 g/mol. The first-order valence-electron chi connectivity index (χ1n) is 9.07. The van der Waals surface area contributed by atoms with Crippen molar-refractivity contribution in [2.24, 2.45) is 0 Å². The average Bonchev–Trinajstić information content (AvgIpc) is 2.62. The molecule has 0 fully saturated rings. The molecule has 25 heavy (non-hydrogen) atoms. The molecule has 0 spiro atoms. The van der Waals surface area contributed by atoms with Gasteiger partial charge < -0.3 is 0 Å². The molecule has 0 saturated carbocycles. The minimum atomic E-state index is -0.996. The molecule has 0 radical (unpaired) electrons. The molecule has 0 saturated heterocycles. The van der Waals surface area contributed by atoms with Crippen LogP contribution in [0.4, 0.5) is 13.2 Å². The highest BCUT2D eigenvalue weighted by molar-refractivity contribution is 5.71. The maximum atomic E-state index is 14.9. The zero-order chi connectivity index (χ0) is 17.8. The topological polar surface area (TPSA) is 0 Å². The van der Waals surface area contributed by atoms with Crippen molar-refractivity contribution in [2.75, 3.05) is 0 Å². The molecule has 0 nitrogen and oxygen atoms in total. The van der Waals surface area contributed by atoms with Gasteiger partial charge >= 0.3 is 0 Å². The van der Waals surface area contributed by atoms with Crippen LogP contribution >= 0.6 is 0 Å². The van der Waals surface area contributed by atoms with E-state index in [9.17, 15) is 13.2 Å². The molecule has 0 atom stereocenters. The van der Waals surface area contributed by atoms with Gasteiger partial charge in [-0.3, -0.25) is 0 Å². The third-order valence-corrected chi connectivity index (χ3v) is 4.93. The Morgan fingerprint density at radius 3 is 2.44 bits per heavy atom. The number of unbranched alkanes of at least 4 members (excludes halogenated alkanes) is 3. The summed E-state index contributed by atoms with van der Waals surface area (Å²) in [5.41, 5.74) is 2.95. The number of rotatable bonds is 6. The van der Waals surface area contributed by atoms with Crippen LogP contribution < -0.4 is 0 Å². The van der Waals surface area contributed by atoms with Crippen LogP contribution in [0.2, 0.25) is 0 Å². The lowest BCUT2D eigenvalue weighted by atomic mass is 9.87. The summed E-state index contributed by atoms with van der Waals surface area (Å²) in [6, 6.07) is 7.25. The van der Waals surface area contributed by atoms with Crippen molar-refractivity contribution in [1.82, 2.24) is 0 Å². The predicted octanol–water partition coefficient (Wildman–Crippen LogP) is 7.07. The third kappa shape index (κ3) is 3.81. The summed E-state index contributed by atoms with van der Waals surface area (Å²) < 4.78 is 42.4. The Kier molecular flexibility index (Phi) is 5.62. The van der Waals surface area contributed by atoms with E-state index >= 15 is 0 Å². The lowest BCUT2D eigenvalue weighted by Crippen LogP contribution is -2.05. The predicted molar refractivity (Wildman–Crippen MR) is 96.8 cm³/mol. The van der Waals surface area contributed by atoms with Gasteiger partial charge in [0.15, 0.2) is 11.6 Å². The Labute approximate surface area is 147 Å². The van der Waals surface area contributed by atoms with Crippen molar-refractivity contribution in [2.45, 2.75) is 51.9 Å². The fourth-order valence-electron chi connectivity index (χ4n) is 3.50. The van der Waals surface area contributed by atoms with Gasteiger partial charge in [0.1, 0.15) is 5.82 Å². The van der Waals surface area contributed by atoms with E-state index in [-0.39, 0.29) is 11.1 Å². The summed E-state index contributed by atoms with van der Waals surface area (Å²) in [5.74, 6) is -2.38. The van der Waals surface area contributed by atoms with Gasteiger partial charge in [0.05, 0.1) is 0 Å². The minimum Gasteiger partial charge on any atom is -0.206 e. The van der Waals surface area contributed by atoms with Gasteiger partial charge in [0.2, 0.25) is 0 Å². The fourth-order valence-corrected chi connectivity index (χ4v) is 3.50. The molecule has 0 bridgehead atoms. The van der Waals surface area contributed by atoms with Gasteiger partial charge in [-0.25, -0.2) is 13.2 Å². The molecule has 0 amide bonds. The van der Waals surface area contributed by atoms with E-state index in [1.807, 2.05) is 6.07 Å². The maximum absolute atomic E-state index is 14.9. The van der Waals surface area contributed by atoms with E-state index in [0.717, 1.165) is 24.5 Å². The molecule has 3 heteroatoms. The molecule has 0 aromatic heterocycles. The first-order valence-corrected chi connectivity index (χ1v) is 9.07. The van der Waals surface area contributed by atoms with Crippen LogP contribution in [0.15, 0.2) is 35.9 Å². The fraction of sp³-hybridized carbons (Fsp3) is 0.364. The van der Waals surface area contributed by atoms with E-state index in [2.05, 4.69) is 13.0 Å². The third-order valence-electron chi connectivity index (χ3n) is 4.93. The van der Waals surface area contributed by atoms with Crippen LogP contribution in [0.5, 0.6) is 0 Å². The minimum absolute atomic E-state index is 0.0188. The first-order chi connectivity index (χ1) is 12.1. The van der Waals surface area contributed by atoms with Crippen LogP contribution in [0.3, 0.4) is 0 Å². The molecule has 0 N–H and O–H groups in total.